The van der Waals surface area contributed by atoms with E-state index in [2.05, 4.69) is 62.6 Å². The predicted octanol–water partition coefficient (Wildman–Crippen LogP) is 3.14. The molecule has 2 fully saturated rings. The predicted molar refractivity (Wildman–Crippen MR) is 126 cm³/mol. The van der Waals surface area contributed by atoms with Crippen LogP contribution in [0.2, 0.25) is 0 Å². The fourth-order valence-electron chi connectivity index (χ4n) is 4.75. The number of methoxy groups -OCH3 is 1. The van der Waals surface area contributed by atoms with Gasteiger partial charge in [-0.15, -0.1) is 0 Å². The molecule has 0 amide bonds. The number of nitrogens with one attached hydrogen (secondary N) is 1. The molecule has 0 spiro atoms. The second kappa shape index (κ2) is 10.1. The minimum absolute atomic E-state index is 0.0919. The van der Waals surface area contributed by atoms with Gasteiger partial charge in [0.1, 0.15) is 5.75 Å². The molecule has 0 saturated carbocycles. The Hall–Kier alpha value is -2.73. The molecule has 2 heterocycles. The quantitative estimate of drug-likeness (QED) is 0.593. The summed E-state index contributed by atoms with van der Waals surface area (Å²) in [5, 5.41) is 3.70. The van der Waals surface area contributed by atoms with Crippen molar-refractivity contribution < 1.29 is 9.47 Å². The molecule has 2 aliphatic heterocycles. The van der Waals surface area contributed by atoms with E-state index in [4.69, 9.17) is 9.47 Å². The first-order valence-corrected chi connectivity index (χ1v) is 11.2. The molecule has 6 heteroatoms. The fourth-order valence-corrected chi connectivity index (χ4v) is 4.75. The van der Waals surface area contributed by atoms with Crippen LogP contribution < -0.4 is 15.0 Å². The summed E-state index contributed by atoms with van der Waals surface area (Å²) in [6, 6.07) is 19.1. The van der Waals surface area contributed by atoms with Crippen LogP contribution in [0, 0.1) is 0 Å². The lowest BCUT2D eigenvalue weighted by atomic mass is 9.74. The van der Waals surface area contributed by atoms with Crippen molar-refractivity contribution in [2.24, 2.45) is 4.99 Å². The summed E-state index contributed by atoms with van der Waals surface area (Å²) in [4.78, 5) is 9.37. The van der Waals surface area contributed by atoms with Crippen LogP contribution in [-0.4, -0.2) is 71.0 Å². The molecule has 2 saturated heterocycles. The maximum Gasteiger partial charge on any atom is 0.193 e. The Morgan fingerprint density at radius 2 is 1.68 bits per heavy atom. The molecule has 166 valence electrons. The SMILES string of the molecule is CN=C(NCC1(c2ccccc2)CCOCC1)N1CCN(c2ccccc2OC)CC1. The summed E-state index contributed by atoms with van der Waals surface area (Å²) < 4.78 is 11.2. The Morgan fingerprint density at radius 3 is 2.35 bits per heavy atom. The van der Waals surface area contributed by atoms with Crippen molar-refractivity contribution in [1.29, 1.82) is 0 Å². The molecule has 2 aliphatic rings. The van der Waals surface area contributed by atoms with E-state index in [1.807, 2.05) is 19.2 Å². The van der Waals surface area contributed by atoms with Crippen LogP contribution in [0.15, 0.2) is 59.6 Å². The van der Waals surface area contributed by atoms with Crippen molar-refractivity contribution >= 4 is 11.6 Å². The maximum absolute atomic E-state index is 5.68. The van der Waals surface area contributed by atoms with Gasteiger partial charge in [0.25, 0.3) is 0 Å². The van der Waals surface area contributed by atoms with Crippen molar-refractivity contribution in [3.8, 4) is 5.75 Å². The third kappa shape index (κ3) is 4.79. The number of benzene rings is 2. The minimum Gasteiger partial charge on any atom is -0.495 e. The number of aliphatic imine (C=N–C) groups is 1. The van der Waals surface area contributed by atoms with Gasteiger partial charge in [-0.05, 0) is 30.5 Å². The van der Waals surface area contributed by atoms with E-state index in [1.54, 1.807) is 7.11 Å². The minimum atomic E-state index is 0.0919. The lowest BCUT2D eigenvalue weighted by molar-refractivity contribution is 0.0511. The number of hydrogen-bond acceptors (Lipinski definition) is 4. The van der Waals surface area contributed by atoms with Crippen LogP contribution in [0.5, 0.6) is 5.75 Å². The van der Waals surface area contributed by atoms with E-state index in [1.165, 1.54) is 5.56 Å². The van der Waals surface area contributed by atoms with Crippen LogP contribution >= 0.6 is 0 Å². The molecule has 0 bridgehead atoms. The van der Waals surface area contributed by atoms with E-state index < -0.39 is 0 Å². The van der Waals surface area contributed by atoms with Gasteiger partial charge in [-0.3, -0.25) is 4.99 Å². The number of piperazine rings is 1. The molecule has 6 nitrogen and oxygen atoms in total. The van der Waals surface area contributed by atoms with Gasteiger partial charge in [0.05, 0.1) is 12.8 Å². The Bertz CT molecular complexity index is 857. The Labute approximate surface area is 185 Å². The molecule has 0 radical (unpaired) electrons. The summed E-state index contributed by atoms with van der Waals surface area (Å²) in [6.45, 7) is 6.25. The van der Waals surface area contributed by atoms with Crippen LogP contribution in [0.25, 0.3) is 0 Å². The number of ether oxygens (including phenoxy) is 2. The van der Waals surface area contributed by atoms with E-state index in [-0.39, 0.29) is 5.41 Å². The molecule has 0 atom stereocenters. The normalized spacial score (nSPS) is 19.2. The van der Waals surface area contributed by atoms with E-state index in [0.717, 1.165) is 76.2 Å². The van der Waals surface area contributed by atoms with Crippen LogP contribution in [0.3, 0.4) is 0 Å². The largest absolute Gasteiger partial charge is 0.495 e. The maximum atomic E-state index is 5.68. The first kappa shape index (κ1) is 21.5. The highest BCUT2D eigenvalue weighted by atomic mass is 16.5. The monoisotopic (exact) mass is 422 g/mol. The lowest BCUT2D eigenvalue weighted by Crippen LogP contribution is -2.55. The molecule has 1 N–H and O–H groups in total. The van der Waals surface area contributed by atoms with Gasteiger partial charge < -0.3 is 24.6 Å². The highest BCUT2D eigenvalue weighted by molar-refractivity contribution is 5.80. The molecule has 31 heavy (non-hydrogen) atoms. The summed E-state index contributed by atoms with van der Waals surface area (Å²) in [6.07, 6.45) is 2.06. The average Bonchev–Trinajstić information content (AvgIpc) is 2.86. The standard InChI is InChI=1S/C25H34N4O2/c1-26-24(27-20-25(12-18-31-19-13-25)21-8-4-3-5-9-21)29-16-14-28(15-17-29)22-10-6-7-11-23(22)30-2/h3-11H,12-20H2,1-2H3,(H,26,27). The lowest BCUT2D eigenvalue weighted by Gasteiger charge is -2.41. The Balaban J connectivity index is 1.40. The molecular weight excluding hydrogens is 388 g/mol. The van der Waals surface area contributed by atoms with Crippen LogP contribution in [-0.2, 0) is 10.2 Å². The summed E-state index contributed by atoms with van der Waals surface area (Å²) >= 11 is 0. The molecular formula is C25H34N4O2. The number of para-hydroxylation sites is 2. The first-order valence-electron chi connectivity index (χ1n) is 11.2. The third-order valence-corrected chi connectivity index (χ3v) is 6.64. The summed E-state index contributed by atoms with van der Waals surface area (Å²) in [5.74, 6) is 1.92. The molecule has 0 aromatic heterocycles. The average molecular weight is 423 g/mol. The molecule has 2 aromatic carbocycles. The highest BCUT2D eigenvalue weighted by Crippen LogP contribution is 2.34. The zero-order chi connectivity index (χ0) is 21.5. The number of guanidine groups is 1. The van der Waals surface area contributed by atoms with E-state index in [9.17, 15) is 0 Å². The van der Waals surface area contributed by atoms with Crippen molar-refractivity contribution in [2.45, 2.75) is 18.3 Å². The van der Waals surface area contributed by atoms with Crippen LogP contribution in [0.4, 0.5) is 5.69 Å². The highest BCUT2D eigenvalue weighted by Gasteiger charge is 2.35. The first-order chi connectivity index (χ1) is 15.3. The summed E-state index contributed by atoms with van der Waals surface area (Å²) in [7, 11) is 3.62. The van der Waals surface area contributed by atoms with Crippen molar-refractivity contribution in [3.63, 3.8) is 0 Å². The van der Waals surface area contributed by atoms with E-state index in [0.29, 0.717) is 0 Å². The Morgan fingerprint density at radius 1 is 1.00 bits per heavy atom. The molecule has 0 unspecified atom stereocenters. The Kier molecular flexibility index (Phi) is 6.97. The van der Waals surface area contributed by atoms with Crippen LogP contribution in [0.1, 0.15) is 18.4 Å². The molecule has 2 aromatic rings. The van der Waals surface area contributed by atoms with Gasteiger partial charge in [-0.2, -0.15) is 0 Å². The van der Waals surface area contributed by atoms with Gasteiger partial charge in [0.15, 0.2) is 5.96 Å². The van der Waals surface area contributed by atoms with Crippen molar-refractivity contribution in [3.05, 3.63) is 60.2 Å². The summed E-state index contributed by atoms with van der Waals surface area (Å²) in [5.41, 5.74) is 2.65. The van der Waals surface area contributed by atoms with Crippen molar-refractivity contribution in [1.82, 2.24) is 10.2 Å². The van der Waals surface area contributed by atoms with Crippen molar-refractivity contribution in [2.75, 3.05) is 65.0 Å². The van der Waals surface area contributed by atoms with E-state index >= 15 is 0 Å². The van der Waals surface area contributed by atoms with Gasteiger partial charge >= 0.3 is 0 Å². The second-order valence-electron chi connectivity index (χ2n) is 8.31. The third-order valence-electron chi connectivity index (χ3n) is 6.64. The number of anilines is 1. The topological polar surface area (TPSA) is 49.3 Å². The van der Waals surface area contributed by atoms with Gasteiger partial charge in [-0.1, -0.05) is 42.5 Å². The second-order valence-corrected chi connectivity index (χ2v) is 8.31. The van der Waals surface area contributed by atoms with Gasteiger partial charge in [0, 0.05) is 58.4 Å². The number of hydrogen-bond donors (Lipinski definition) is 1. The van der Waals surface area contributed by atoms with Gasteiger partial charge in [-0.25, -0.2) is 0 Å². The zero-order valence-corrected chi connectivity index (χ0v) is 18.7. The number of nitrogens with zero attached hydrogens (tertiary/aromatic N) is 3. The number of rotatable bonds is 5. The smallest absolute Gasteiger partial charge is 0.193 e. The molecule has 0 aliphatic carbocycles. The fraction of sp³-hybridized carbons (Fsp3) is 0.480. The molecule has 4 rings (SSSR count). The zero-order valence-electron chi connectivity index (χ0n) is 18.7. The van der Waals surface area contributed by atoms with Gasteiger partial charge in [0.2, 0.25) is 0 Å².